The number of carboxylic acid groups (broad SMARTS) is 1. The van der Waals surface area contributed by atoms with Gasteiger partial charge in [0.2, 0.25) is 5.91 Å². The quantitative estimate of drug-likeness (QED) is 0.398. The SMILES string of the molecule is CCOC(=O)C1CCN(C(=O)O)CC1NC(=O)CCCCBr. The molecular formula is C14H23BrN2O5. The molecule has 7 nitrogen and oxygen atoms in total. The van der Waals surface area contributed by atoms with Crippen molar-refractivity contribution in [2.45, 2.75) is 38.6 Å². The summed E-state index contributed by atoms with van der Waals surface area (Å²) in [7, 11) is 0. The van der Waals surface area contributed by atoms with Gasteiger partial charge in [-0.1, -0.05) is 15.9 Å². The number of amides is 2. The normalized spacial score (nSPS) is 21.3. The minimum atomic E-state index is -1.04. The first-order chi connectivity index (χ1) is 10.5. The number of esters is 1. The number of hydrogen-bond acceptors (Lipinski definition) is 4. The molecule has 0 aromatic rings. The van der Waals surface area contributed by atoms with Crippen LogP contribution in [0.1, 0.15) is 32.6 Å². The lowest BCUT2D eigenvalue weighted by molar-refractivity contribution is -0.151. The third-order valence-electron chi connectivity index (χ3n) is 3.61. The van der Waals surface area contributed by atoms with Gasteiger partial charge in [-0.05, 0) is 26.2 Å². The third kappa shape index (κ3) is 5.82. The molecule has 0 aromatic carbocycles. The third-order valence-corrected chi connectivity index (χ3v) is 4.17. The van der Waals surface area contributed by atoms with E-state index in [2.05, 4.69) is 21.2 Å². The number of unbranched alkanes of at least 4 members (excludes halogenated alkanes) is 1. The van der Waals surface area contributed by atoms with E-state index in [0.29, 0.717) is 12.8 Å². The number of likely N-dealkylation sites (tertiary alicyclic amines) is 1. The number of hydrogen-bond donors (Lipinski definition) is 2. The first-order valence-corrected chi connectivity index (χ1v) is 8.61. The molecule has 0 saturated carbocycles. The number of alkyl halides is 1. The van der Waals surface area contributed by atoms with Crippen molar-refractivity contribution in [3.63, 3.8) is 0 Å². The molecule has 2 unspecified atom stereocenters. The summed E-state index contributed by atoms with van der Waals surface area (Å²) in [5.74, 6) is -1.03. The Kier molecular flexibility index (Phi) is 8.22. The van der Waals surface area contributed by atoms with E-state index in [9.17, 15) is 14.4 Å². The van der Waals surface area contributed by atoms with Crippen LogP contribution in [0.3, 0.4) is 0 Å². The summed E-state index contributed by atoms with van der Waals surface area (Å²) in [4.78, 5) is 36.2. The van der Waals surface area contributed by atoms with Gasteiger partial charge in [0.25, 0.3) is 0 Å². The number of ether oxygens (including phenoxy) is 1. The van der Waals surface area contributed by atoms with Gasteiger partial charge in [-0.2, -0.15) is 0 Å². The van der Waals surface area contributed by atoms with Crippen molar-refractivity contribution >= 4 is 33.9 Å². The van der Waals surface area contributed by atoms with Gasteiger partial charge in [0.1, 0.15) is 0 Å². The molecule has 8 heteroatoms. The molecule has 0 bridgehead atoms. The number of nitrogens with zero attached hydrogens (tertiary/aromatic N) is 1. The lowest BCUT2D eigenvalue weighted by Gasteiger charge is -2.36. The van der Waals surface area contributed by atoms with Gasteiger partial charge in [-0.3, -0.25) is 9.59 Å². The van der Waals surface area contributed by atoms with E-state index in [0.717, 1.165) is 18.2 Å². The molecule has 1 saturated heterocycles. The topological polar surface area (TPSA) is 95.9 Å². The average molecular weight is 379 g/mol. The van der Waals surface area contributed by atoms with Crippen molar-refractivity contribution < 1.29 is 24.2 Å². The Bertz CT molecular complexity index is 405. The second kappa shape index (κ2) is 9.66. The summed E-state index contributed by atoms with van der Waals surface area (Å²) >= 11 is 3.30. The fourth-order valence-corrected chi connectivity index (χ4v) is 2.86. The minimum Gasteiger partial charge on any atom is -0.466 e. The fraction of sp³-hybridized carbons (Fsp3) is 0.786. The van der Waals surface area contributed by atoms with Gasteiger partial charge in [0, 0.05) is 24.8 Å². The maximum Gasteiger partial charge on any atom is 0.407 e. The molecule has 0 aliphatic carbocycles. The van der Waals surface area contributed by atoms with Crippen LogP contribution in [-0.4, -0.2) is 59.0 Å². The zero-order valence-electron chi connectivity index (χ0n) is 12.7. The van der Waals surface area contributed by atoms with E-state index < -0.39 is 18.1 Å². The van der Waals surface area contributed by atoms with Crippen LogP contribution in [0.25, 0.3) is 0 Å². The van der Waals surface area contributed by atoms with Gasteiger partial charge in [0.15, 0.2) is 0 Å². The maximum atomic E-state index is 12.0. The molecule has 1 aliphatic rings. The highest BCUT2D eigenvalue weighted by atomic mass is 79.9. The summed E-state index contributed by atoms with van der Waals surface area (Å²) in [6.45, 7) is 2.37. The van der Waals surface area contributed by atoms with E-state index >= 15 is 0 Å². The summed E-state index contributed by atoms with van der Waals surface area (Å²) < 4.78 is 5.03. The van der Waals surface area contributed by atoms with Crippen molar-refractivity contribution in [2.75, 3.05) is 25.0 Å². The minimum absolute atomic E-state index is 0.114. The summed E-state index contributed by atoms with van der Waals surface area (Å²) in [5, 5.41) is 12.7. The van der Waals surface area contributed by atoms with Gasteiger partial charge in [-0.15, -0.1) is 0 Å². The predicted molar refractivity (Wildman–Crippen MR) is 83.9 cm³/mol. The van der Waals surface area contributed by atoms with Crippen LogP contribution >= 0.6 is 15.9 Å². The van der Waals surface area contributed by atoms with Crippen LogP contribution < -0.4 is 5.32 Å². The Morgan fingerprint density at radius 1 is 1.36 bits per heavy atom. The number of halogens is 1. The van der Waals surface area contributed by atoms with Gasteiger partial charge >= 0.3 is 12.1 Å². The standard InChI is InChI=1S/C14H23BrN2O5/c1-2-22-13(19)10-6-8-17(14(20)21)9-11(10)16-12(18)5-3-4-7-15/h10-11H,2-9H2,1H3,(H,16,18)(H,20,21). The Labute approximate surface area is 138 Å². The second-order valence-electron chi connectivity index (χ2n) is 5.20. The highest BCUT2D eigenvalue weighted by Gasteiger charge is 2.37. The van der Waals surface area contributed by atoms with E-state index in [1.807, 2.05) is 0 Å². The van der Waals surface area contributed by atoms with Crippen molar-refractivity contribution in [1.29, 1.82) is 0 Å². The Hall–Kier alpha value is -1.31. The highest BCUT2D eigenvalue weighted by Crippen LogP contribution is 2.20. The number of carbonyl (C=O) groups excluding carboxylic acids is 2. The molecule has 1 heterocycles. The zero-order chi connectivity index (χ0) is 16.5. The van der Waals surface area contributed by atoms with Gasteiger partial charge < -0.3 is 20.1 Å². The van der Waals surface area contributed by atoms with Crippen LogP contribution in [0.5, 0.6) is 0 Å². The van der Waals surface area contributed by atoms with Crippen LogP contribution in [0.15, 0.2) is 0 Å². The lowest BCUT2D eigenvalue weighted by atomic mass is 9.91. The predicted octanol–water partition coefficient (Wildman–Crippen LogP) is 1.60. The molecule has 0 radical (unpaired) electrons. The monoisotopic (exact) mass is 378 g/mol. The molecule has 1 aliphatic heterocycles. The van der Waals surface area contributed by atoms with E-state index in [1.165, 1.54) is 4.90 Å². The summed E-state index contributed by atoms with van der Waals surface area (Å²) in [6, 6.07) is -0.527. The zero-order valence-corrected chi connectivity index (χ0v) is 14.3. The maximum absolute atomic E-state index is 12.0. The largest absolute Gasteiger partial charge is 0.466 e. The smallest absolute Gasteiger partial charge is 0.407 e. The Morgan fingerprint density at radius 3 is 2.68 bits per heavy atom. The molecule has 22 heavy (non-hydrogen) atoms. The number of carbonyl (C=O) groups is 3. The number of rotatable bonds is 7. The van der Waals surface area contributed by atoms with Gasteiger partial charge in [-0.25, -0.2) is 4.79 Å². The molecular weight excluding hydrogens is 356 g/mol. The van der Waals surface area contributed by atoms with Crippen LogP contribution in [0.2, 0.25) is 0 Å². The van der Waals surface area contributed by atoms with Crippen molar-refractivity contribution in [2.24, 2.45) is 5.92 Å². The van der Waals surface area contributed by atoms with Crippen molar-refractivity contribution in [3.8, 4) is 0 Å². The number of nitrogens with one attached hydrogen (secondary N) is 1. The molecule has 1 fully saturated rings. The van der Waals surface area contributed by atoms with Crippen molar-refractivity contribution in [3.05, 3.63) is 0 Å². The van der Waals surface area contributed by atoms with E-state index in [-0.39, 0.29) is 31.6 Å². The molecule has 2 atom stereocenters. The Balaban J connectivity index is 2.65. The van der Waals surface area contributed by atoms with E-state index in [1.54, 1.807) is 6.92 Å². The average Bonchev–Trinajstić information content (AvgIpc) is 2.47. The molecule has 0 spiro atoms. The summed E-state index contributed by atoms with van der Waals surface area (Å²) in [5.41, 5.74) is 0. The van der Waals surface area contributed by atoms with Crippen LogP contribution in [0.4, 0.5) is 4.79 Å². The first-order valence-electron chi connectivity index (χ1n) is 7.49. The first kappa shape index (κ1) is 18.7. The molecule has 126 valence electrons. The van der Waals surface area contributed by atoms with E-state index in [4.69, 9.17) is 9.84 Å². The molecule has 0 aromatic heterocycles. The molecule has 2 amide bonds. The Morgan fingerprint density at radius 2 is 2.09 bits per heavy atom. The lowest BCUT2D eigenvalue weighted by Crippen LogP contribution is -2.56. The molecule has 1 rings (SSSR count). The molecule has 2 N–H and O–H groups in total. The second-order valence-corrected chi connectivity index (χ2v) is 5.99. The fourth-order valence-electron chi connectivity index (χ4n) is 2.46. The van der Waals surface area contributed by atoms with Gasteiger partial charge in [0.05, 0.1) is 18.6 Å². The highest BCUT2D eigenvalue weighted by molar-refractivity contribution is 9.09. The summed E-state index contributed by atoms with van der Waals surface area (Å²) in [6.07, 6.45) is 1.32. The van der Waals surface area contributed by atoms with Crippen molar-refractivity contribution in [1.82, 2.24) is 10.2 Å². The van der Waals surface area contributed by atoms with Crippen LogP contribution in [0, 0.1) is 5.92 Å². The number of piperidine rings is 1. The van der Waals surface area contributed by atoms with Crippen LogP contribution in [-0.2, 0) is 14.3 Å².